The number of piperidine rings is 1. The molecule has 166 valence electrons. The molecule has 2 bridgehead atoms. The monoisotopic (exact) mass is 421 g/mol. The third-order valence-electron chi connectivity index (χ3n) is 10.9. The Morgan fingerprint density at radius 3 is 2.77 bits per heavy atom. The molecule has 2 saturated heterocycles. The topological polar surface area (TPSA) is 60.8 Å². The van der Waals surface area contributed by atoms with Crippen LogP contribution in [0.4, 0.5) is 0 Å². The molecule has 3 aliphatic carbocycles. The summed E-state index contributed by atoms with van der Waals surface area (Å²) in [6, 6.07) is 5.09. The number of hydrogen-bond acceptors (Lipinski definition) is 4. The second kappa shape index (κ2) is 6.01. The van der Waals surface area contributed by atoms with Gasteiger partial charge in [0.05, 0.1) is 6.10 Å². The normalized spacial score (nSPS) is 49.9. The van der Waals surface area contributed by atoms with E-state index in [9.17, 15) is 15.0 Å². The van der Waals surface area contributed by atoms with Crippen LogP contribution in [0.3, 0.4) is 0 Å². The van der Waals surface area contributed by atoms with E-state index in [2.05, 4.69) is 30.9 Å². The first kappa shape index (κ1) is 19.3. The number of nitrogens with zero attached hydrogens (tertiary/aromatic N) is 1. The fourth-order valence-corrected chi connectivity index (χ4v) is 9.39. The van der Waals surface area contributed by atoms with E-state index in [0.29, 0.717) is 42.4 Å². The van der Waals surface area contributed by atoms with E-state index in [1.165, 1.54) is 35.1 Å². The molecule has 6 aliphatic rings. The molecule has 0 aromatic heterocycles. The van der Waals surface area contributed by atoms with Gasteiger partial charge in [-0.1, -0.05) is 26.0 Å². The molecule has 2 N–H and O–H groups in total. The van der Waals surface area contributed by atoms with Crippen molar-refractivity contribution in [3.8, 4) is 0 Å². The number of Topliss-reactive ketones (excluding diaryl/α,β-unsaturated/α-hetero) is 1. The summed E-state index contributed by atoms with van der Waals surface area (Å²) in [6.45, 7) is 5.73. The van der Waals surface area contributed by atoms with Gasteiger partial charge in [-0.05, 0) is 90.7 Å². The number of hydrogen-bond donors (Lipinski definition) is 2. The summed E-state index contributed by atoms with van der Waals surface area (Å²) in [4.78, 5) is 15.7. The van der Waals surface area contributed by atoms with Gasteiger partial charge in [-0.2, -0.15) is 0 Å². The molecule has 3 aliphatic heterocycles. The minimum atomic E-state index is -0.806. The lowest BCUT2D eigenvalue weighted by Gasteiger charge is -2.52. The Hall–Kier alpha value is -1.23. The standard InChI is InChI=1S/C27H35NO3/c1-14-17-4-5-18-19-11-24(30)22-9-16(29)7-8-26(22,2)21(19)10-20(18)25(17)27(31)12-15-3-6-23(14)28(27)13-15/h4-5,14-16,19,21-23,29,31H,3,6-13H2,1-2H3/t14-,15-,16?,19+,21+,22+,23+,26-,27?/m1/s1. The molecule has 1 aromatic carbocycles. The molecule has 2 unspecified atom stereocenters. The Morgan fingerprint density at radius 1 is 1.13 bits per heavy atom. The van der Waals surface area contributed by atoms with Crippen molar-refractivity contribution in [2.75, 3.05) is 6.54 Å². The summed E-state index contributed by atoms with van der Waals surface area (Å²) in [5.74, 6) is 2.18. The van der Waals surface area contributed by atoms with E-state index in [1.807, 2.05) is 0 Å². The Labute approximate surface area is 185 Å². The summed E-state index contributed by atoms with van der Waals surface area (Å²) >= 11 is 0. The number of carbonyl (C=O) groups excluding carboxylic acids is 1. The lowest BCUT2D eigenvalue weighted by molar-refractivity contribution is -0.141. The van der Waals surface area contributed by atoms with Crippen LogP contribution in [0.5, 0.6) is 0 Å². The predicted octanol–water partition coefficient (Wildman–Crippen LogP) is 3.83. The maximum absolute atomic E-state index is 13.2. The fourth-order valence-electron chi connectivity index (χ4n) is 9.39. The van der Waals surface area contributed by atoms with Crippen molar-refractivity contribution >= 4 is 5.78 Å². The van der Waals surface area contributed by atoms with Gasteiger partial charge < -0.3 is 10.2 Å². The highest BCUT2D eigenvalue weighted by molar-refractivity contribution is 5.84. The third kappa shape index (κ3) is 2.25. The van der Waals surface area contributed by atoms with Gasteiger partial charge in [-0.3, -0.25) is 9.69 Å². The molecule has 4 nitrogen and oxygen atoms in total. The molecule has 0 radical (unpaired) electrons. The van der Waals surface area contributed by atoms with Crippen molar-refractivity contribution in [1.82, 2.24) is 4.90 Å². The van der Waals surface area contributed by atoms with Crippen LogP contribution in [0.2, 0.25) is 0 Å². The van der Waals surface area contributed by atoms with Crippen molar-refractivity contribution in [3.63, 3.8) is 0 Å². The summed E-state index contributed by atoms with van der Waals surface area (Å²) < 4.78 is 0. The van der Waals surface area contributed by atoms with E-state index in [1.54, 1.807) is 0 Å². The maximum Gasteiger partial charge on any atom is 0.145 e. The van der Waals surface area contributed by atoms with E-state index in [4.69, 9.17) is 0 Å². The van der Waals surface area contributed by atoms with Crippen molar-refractivity contribution < 1.29 is 15.0 Å². The zero-order chi connectivity index (χ0) is 21.3. The van der Waals surface area contributed by atoms with E-state index in [-0.39, 0.29) is 23.4 Å². The molecule has 0 spiro atoms. The van der Waals surface area contributed by atoms with Crippen LogP contribution in [-0.4, -0.2) is 39.6 Å². The molecule has 0 amide bonds. The molecule has 4 fully saturated rings. The van der Waals surface area contributed by atoms with Crippen molar-refractivity contribution in [1.29, 1.82) is 0 Å². The smallest absolute Gasteiger partial charge is 0.145 e. The zero-order valence-electron chi connectivity index (χ0n) is 18.8. The number of benzene rings is 1. The number of aliphatic hydroxyl groups excluding tert-OH is 1. The van der Waals surface area contributed by atoms with Crippen LogP contribution < -0.4 is 0 Å². The summed E-state index contributed by atoms with van der Waals surface area (Å²) in [5.41, 5.74) is 4.51. The highest BCUT2D eigenvalue weighted by Gasteiger charge is 2.61. The summed E-state index contributed by atoms with van der Waals surface area (Å²) in [6.07, 6.45) is 7.02. The maximum atomic E-state index is 13.2. The Morgan fingerprint density at radius 2 is 1.94 bits per heavy atom. The second-order valence-corrected chi connectivity index (χ2v) is 12.1. The number of fused-ring (bicyclic) bond motifs is 9. The van der Waals surface area contributed by atoms with Gasteiger partial charge >= 0.3 is 0 Å². The van der Waals surface area contributed by atoms with Crippen LogP contribution in [-0.2, 0) is 16.9 Å². The highest BCUT2D eigenvalue weighted by Crippen LogP contribution is 2.63. The molecule has 3 heterocycles. The highest BCUT2D eigenvalue weighted by atomic mass is 16.3. The predicted molar refractivity (Wildman–Crippen MR) is 118 cm³/mol. The molecule has 1 aromatic rings. The molecule has 4 heteroatoms. The van der Waals surface area contributed by atoms with Gasteiger partial charge in [0, 0.05) is 30.5 Å². The van der Waals surface area contributed by atoms with Gasteiger partial charge in [0.2, 0.25) is 0 Å². The van der Waals surface area contributed by atoms with Gasteiger partial charge in [-0.15, -0.1) is 0 Å². The molecule has 31 heavy (non-hydrogen) atoms. The van der Waals surface area contributed by atoms with E-state index >= 15 is 0 Å². The minimum absolute atomic E-state index is 0.00322. The third-order valence-corrected chi connectivity index (χ3v) is 10.9. The summed E-state index contributed by atoms with van der Waals surface area (Å²) in [7, 11) is 0. The zero-order valence-corrected chi connectivity index (χ0v) is 18.8. The van der Waals surface area contributed by atoms with E-state index < -0.39 is 5.72 Å². The van der Waals surface area contributed by atoms with Crippen LogP contribution in [0.25, 0.3) is 0 Å². The van der Waals surface area contributed by atoms with Crippen LogP contribution >= 0.6 is 0 Å². The Bertz CT molecular complexity index is 989. The van der Waals surface area contributed by atoms with E-state index in [0.717, 1.165) is 32.2 Å². The van der Waals surface area contributed by atoms with Gasteiger partial charge in [-0.25, -0.2) is 0 Å². The second-order valence-electron chi connectivity index (χ2n) is 12.1. The SMILES string of the molecule is C[C@@H]1c2ccc3c(c2C2(O)C[C@H]4CC[C@@H]1N2C4)C[C@H]1[C@H]3CC(=O)[C@@H]2CC(O)CC[C@@]21C. The first-order valence-corrected chi connectivity index (χ1v) is 12.7. The number of rotatable bonds is 0. The molecule has 9 atom stereocenters. The summed E-state index contributed by atoms with van der Waals surface area (Å²) in [5, 5.41) is 22.5. The number of carbonyl (C=O) groups is 1. The van der Waals surface area contributed by atoms with Crippen molar-refractivity contribution in [2.24, 2.45) is 23.2 Å². The average Bonchev–Trinajstić information content (AvgIpc) is 3.25. The largest absolute Gasteiger partial charge is 0.393 e. The molecule has 2 saturated carbocycles. The average molecular weight is 422 g/mol. The van der Waals surface area contributed by atoms with Gasteiger partial charge in [0.1, 0.15) is 11.5 Å². The minimum Gasteiger partial charge on any atom is -0.393 e. The van der Waals surface area contributed by atoms with Crippen LogP contribution in [0.1, 0.15) is 92.9 Å². The fraction of sp³-hybridized carbons (Fsp3) is 0.741. The van der Waals surface area contributed by atoms with Gasteiger partial charge in [0.25, 0.3) is 0 Å². The Balaban J connectivity index is 1.38. The van der Waals surface area contributed by atoms with Crippen molar-refractivity contribution in [3.05, 3.63) is 34.4 Å². The lowest BCUT2D eigenvalue weighted by atomic mass is 9.52. The molecule has 7 rings (SSSR count). The quantitative estimate of drug-likeness (QED) is 0.668. The van der Waals surface area contributed by atoms with Crippen LogP contribution in [0, 0.1) is 23.2 Å². The molecular weight excluding hydrogens is 386 g/mol. The van der Waals surface area contributed by atoms with Crippen LogP contribution in [0.15, 0.2) is 12.1 Å². The molecular formula is C27H35NO3. The Kier molecular flexibility index (Phi) is 3.73. The lowest BCUT2D eigenvalue weighted by Crippen LogP contribution is -2.54. The number of aliphatic hydroxyl groups is 2. The first-order valence-electron chi connectivity index (χ1n) is 12.7. The number of ketones is 1. The van der Waals surface area contributed by atoms with Gasteiger partial charge in [0.15, 0.2) is 0 Å². The first-order chi connectivity index (χ1) is 14.8. The van der Waals surface area contributed by atoms with Crippen molar-refractivity contribution in [2.45, 2.75) is 94.9 Å².